The van der Waals surface area contributed by atoms with Crippen molar-refractivity contribution >= 4 is 85.8 Å². The number of fused-ring (bicyclic) bond motifs is 2. The van der Waals surface area contributed by atoms with Gasteiger partial charge in [0, 0.05) is 95.1 Å². The Morgan fingerprint density at radius 2 is 1.17 bits per heavy atom. The maximum absolute atomic E-state index is 14.5. The minimum Gasteiger partial charge on any atom is -0.477 e. The number of rotatable bonds is 18. The number of nitrogens with one attached hydrogen (secondary N) is 3. The van der Waals surface area contributed by atoms with Crippen LogP contribution in [0.15, 0.2) is 136 Å². The third kappa shape index (κ3) is 11.9. The molecule has 0 spiro atoms. The molecule has 0 aliphatic heterocycles. The first kappa shape index (κ1) is 56.5. The Bertz CT molecular complexity index is 4290. The molecule has 0 saturated carbocycles. The second-order valence-electron chi connectivity index (χ2n) is 20.3. The van der Waals surface area contributed by atoms with Crippen molar-refractivity contribution in [2.24, 2.45) is 11.8 Å². The van der Waals surface area contributed by atoms with Gasteiger partial charge in [-0.3, -0.25) is 24.9 Å². The molecule has 5 N–H and O–H groups in total. The molecule has 20 nitrogen and oxygen atoms in total. The number of carboxylic acid groups (broad SMARTS) is 2. The summed E-state index contributed by atoms with van der Waals surface area (Å²) in [5.41, 5.74) is 4.68. The van der Waals surface area contributed by atoms with Gasteiger partial charge in [0.15, 0.2) is 0 Å². The van der Waals surface area contributed by atoms with Crippen molar-refractivity contribution in [1.29, 1.82) is 0 Å². The Morgan fingerprint density at radius 3 is 1.76 bits per heavy atom. The Morgan fingerprint density at radius 1 is 0.602 bits per heavy atom. The number of aromatic carboxylic acids is 2. The summed E-state index contributed by atoms with van der Waals surface area (Å²) in [6.07, 6.45) is 9.66. The number of amides is 4. The lowest BCUT2D eigenvalue weighted by molar-refractivity contribution is 0.0684. The second kappa shape index (κ2) is 24.1. The van der Waals surface area contributed by atoms with Crippen LogP contribution in [0.3, 0.4) is 0 Å². The number of aromatic nitrogens is 8. The highest BCUT2D eigenvalue weighted by atomic mass is 32.1. The van der Waals surface area contributed by atoms with Crippen LogP contribution in [0.2, 0.25) is 0 Å². The van der Waals surface area contributed by atoms with E-state index in [1.807, 2.05) is 61.0 Å². The van der Waals surface area contributed by atoms with Gasteiger partial charge in [-0.2, -0.15) is 0 Å². The topological polar surface area (TPSA) is 269 Å². The van der Waals surface area contributed by atoms with Gasteiger partial charge in [-0.25, -0.2) is 44.0 Å². The summed E-state index contributed by atoms with van der Waals surface area (Å²) in [6, 6.07) is 22.4. The predicted octanol–water partition coefficient (Wildman–Crippen LogP) is 11.9. The minimum absolute atomic E-state index is 0.128. The number of carbonyl (C=O) groups is 4. The number of anilines is 3. The lowest BCUT2D eigenvalue weighted by Crippen LogP contribution is -2.37. The molecule has 83 heavy (non-hydrogen) atoms. The Balaban J connectivity index is 1.08. The largest absolute Gasteiger partial charge is 0.477 e. The van der Waals surface area contributed by atoms with Gasteiger partial charge in [0.05, 0.1) is 62.7 Å². The van der Waals surface area contributed by atoms with Crippen LogP contribution in [-0.4, -0.2) is 86.3 Å². The fraction of sp³-hybridized carbons (Fsp3) is 0.213. The molecule has 0 unspecified atom stereocenters. The maximum Gasteiger partial charge on any atom is 0.341 e. The van der Waals surface area contributed by atoms with Gasteiger partial charge >= 0.3 is 24.0 Å². The van der Waals surface area contributed by atoms with E-state index in [1.165, 1.54) is 46.2 Å². The van der Waals surface area contributed by atoms with Crippen molar-refractivity contribution in [3.8, 4) is 66.2 Å². The van der Waals surface area contributed by atoms with E-state index >= 15 is 0 Å². The van der Waals surface area contributed by atoms with Crippen LogP contribution in [0.5, 0.6) is 0 Å². The van der Waals surface area contributed by atoms with Gasteiger partial charge < -0.3 is 30.0 Å². The molecule has 0 aliphatic carbocycles. The SMILES string of the molecule is CCNC(=O)Nc1cc(-c2nc(-c3cccc(N(C(=O)NCC)c4cc(-c5nc(-c6ccccc6)cs5)c(-c5cc6c(=O)c(C(=O)O)cn(CC(C)C)c6cn5)cn4)c3)cs2)c(-c2cc3c(=O)c(C(=O)O)cn(CCC(C)C)c3cn2)cn1. The number of hydrogen-bond acceptors (Lipinski definition) is 14. The lowest BCUT2D eigenvalue weighted by atomic mass is 10.0. The van der Waals surface area contributed by atoms with Crippen molar-refractivity contribution in [1.82, 2.24) is 49.7 Å². The molecule has 0 aliphatic rings. The van der Waals surface area contributed by atoms with Gasteiger partial charge in [-0.15, -0.1) is 22.7 Å². The first-order chi connectivity index (χ1) is 40.0. The maximum atomic E-state index is 14.5. The molecular weight excluding hydrogens is 1090 g/mol. The Kier molecular flexibility index (Phi) is 16.4. The highest BCUT2D eigenvalue weighted by molar-refractivity contribution is 7.13. The van der Waals surface area contributed by atoms with Gasteiger partial charge in [0.25, 0.3) is 0 Å². The van der Waals surface area contributed by atoms with Crippen molar-refractivity contribution in [3.63, 3.8) is 0 Å². The van der Waals surface area contributed by atoms with Crippen LogP contribution in [0.1, 0.15) is 68.7 Å². The Hall–Kier alpha value is -9.80. The number of pyridine rings is 6. The molecular formula is C61H56N12O8S2. The first-order valence-electron chi connectivity index (χ1n) is 26.7. The van der Waals surface area contributed by atoms with Crippen LogP contribution >= 0.6 is 22.7 Å². The zero-order chi connectivity index (χ0) is 58.6. The fourth-order valence-electron chi connectivity index (χ4n) is 9.53. The van der Waals surface area contributed by atoms with E-state index in [2.05, 4.69) is 34.8 Å². The van der Waals surface area contributed by atoms with E-state index in [9.17, 15) is 39.0 Å². The molecule has 0 radical (unpaired) electrons. The van der Waals surface area contributed by atoms with Crippen LogP contribution in [0, 0.1) is 11.8 Å². The molecule has 420 valence electrons. The van der Waals surface area contributed by atoms with Crippen LogP contribution in [0.25, 0.3) is 88.0 Å². The molecule has 8 heterocycles. The van der Waals surface area contributed by atoms with E-state index in [4.69, 9.17) is 24.9 Å². The first-order valence-corrected chi connectivity index (χ1v) is 28.5. The van der Waals surface area contributed by atoms with E-state index in [0.29, 0.717) is 103 Å². The second-order valence-corrected chi connectivity index (χ2v) is 22.0. The Labute approximate surface area is 483 Å². The molecule has 10 rings (SSSR count). The summed E-state index contributed by atoms with van der Waals surface area (Å²) in [5, 5.41) is 33.7. The normalized spacial score (nSPS) is 11.4. The van der Waals surface area contributed by atoms with Gasteiger partial charge in [-0.05, 0) is 68.5 Å². The summed E-state index contributed by atoms with van der Waals surface area (Å²) >= 11 is 2.66. The number of carboxylic acids is 2. The standard InChI is InChI=1S/C61H56N12O8S2/c1-7-62-60(80)70-52-22-38(42(24-66-52)46-20-40-50(26-64-46)71(18-17-33(3)4)29-44(54(40)74)58(76)77)56-69-49(32-83-56)36-15-12-16-37(19-36)73(61(81)63-8-2)53-23-39(57-68-48(31-82-57)35-13-10-9-11-14-35)43(25-67-53)47-21-41-51(27-65-47)72(28-34(5)6)30-45(55(41)75)59(78)79/h9-16,19-27,29-34H,7-8,17-18,28H2,1-6H3,(H,63,81)(H,76,77)(H,78,79)(H2,62,66,70,80). The fourth-order valence-corrected chi connectivity index (χ4v) is 11.3. The number of aryl methyl sites for hydroxylation is 1. The number of nitrogens with zero attached hydrogens (tertiary/aromatic N) is 9. The van der Waals surface area contributed by atoms with Gasteiger partial charge in [0.1, 0.15) is 32.8 Å². The van der Waals surface area contributed by atoms with Gasteiger partial charge in [-0.1, -0.05) is 70.2 Å². The van der Waals surface area contributed by atoms with E-state index in [1.54, 1.807) is 84.0 Å². The molecule has 10 aromatic rings. The summed E-state index contributed by atoms with van der Waals surface area (Å²) in [7, 11) is 0. The third-order valence-corrected chi connectivity index (χ3v) is 15.3. The van der Waals surface area contributed by atoms with Crippen molar-refractivity contribution in [2.75, 3.05) is 23.3 Å². The third-order valence-electron chi connectivity index (χ3n) is 13.5. The number of thiazole rings is 2. The summed E-state index contributed by atoms with van der Waals surface area (Å²) in [6.45, 7) is 13.2. The predicted molar refractivity (Wildman–Crippen MR) is 324 cm³/mol. The van der Waals surface area contributed by atoms with Crippen molar-refractivity contribution in [2.45, 2.75) is 61.1 Å². The smallest absolute Gasteiger partial charge is 0.341 e. The average molecular weight is 1150 g/mol. The molecule has 8 aromatic heterocycles. The summed E-state index contributed by atoms with van der Waals surface area (Å²) in [5.74, 6) is -1.83. The van der Waals surface area contributed by atoms with E-state index in [0.717, 1.165) is 12.0 Å². The number of hydrogen-bond donors (Lipinski definition) is 5. The van der Waals surface area contributed by atoms with Gasteiger partial charge in [0.2, 0.25) is 10.9 Å². The molecule has 0 bridgehead atoms. The molecule has 2 aromatic carbocycles. The van der Waals surface area contributed by atoms with Crippen molar-refractivity contribution in [3.05, 3.63) is 158 Å². The molecule has 22 heteroatoms. The van der Waals surface area contributed by atoms with E-state index < -0.39 is 34.9 Å². The monoisotopic (exact) mass is 1150 g/mol. The summed E-state index contributed by atoms with van der Waals surface area (Å²) in [4.78, 5) is 110. The minimum atomic E-state index is -1.34. The number of carbonyl (C=O) groups excluding carboxylic acids is 2. The quantitative estimate of drug-likeness (QED) is 0.0535. The van der Waals surface area contributed by atoms with Crippen molar-refractivity contribution < 1.29 is 29.4 Å². The molecule has 0 atom stereocenters. The van der Waals surface area contributed by atoms with E-state index in [-0.39, 0.29) is 46.0 Å². The lowest BCUT2D eigenvalue weighted by Gasteiger charge is -2.23. The average Bonchev–Trinajstić information content (AvgIpc) is 4.30. The highest BCUT2D eigenvalue weighted by Gasteiger charge is 2.26. The van der Waals surface area contributed by atoms with Crippen LogP contribution in [-0.2, 0) is 13.1 Å². The molecule has 0 saturated heterocycles. The zero-order valence-corrected chi connectivity index (χ0v) is 47.6. The molecule has 0 fully saturated rings. The van der Waals surface area contributed by atoms with Crippen LogP contribution < -0.4 is 31.7 Å². The zero-order valence-electron chi connectivity index (χ0n) is 46.0. The highest BCUT2D eigenvalue weighted by Crippen LogP contribution is 2.41. The summed E-state index contributed by atoms with van der Waals surface area (Å²) < 4.78 is 3.48. The number of benzene rings is 2. The number of urea groups is 2. The molecule has 4 amide bonds. The van der Waals surface area contributed by atoms with Crippen LogP contribution in [0.4, 0.5) is 26.9 Å².